The number of sulfone groups is 1. The van der Waals surface area contributed by atoms with E-state index >= 15 is 0 Å². The van der Waals surface area contributed by atoms with Gasteiger partial charge in [-0.15, -0.1) is 0 Å². The van der Waals surface area contributed by atoms with Gasteiger partial charge >= 0.3 is 0 Å². The Hall–Kier alpha value is -2.40. The SMILES string of the molecule is Cc1nc(-c2ccccc2)cn1-c1ccc(S(C)(=O)=O)cc1. The Kier molecular flexibility index (Phi) is 3.58. The first-order chi connectivity index (χ1) is 10.4. The fraction of sp³-hybridized carbons (Fsp3) is 0.118. The van der Waals surface area contributed by atoms with Gasteiger partial charge in [-0.25, -0.2) is 13.4 Å². The molecule has 0 N–H and O–H groups in total. The Bertz CT molecular complexity index is 896. The molecular formula is C17H16N2O2S. The Labute approximate surface area is 130 Å². The summed E-state index contributed by atoms with van der Waals surface area (Å²) in [7, 11) is -3.17. The zero-order valence-electron chi connectivity index (χ0n) is 12.4. The van der Waals surface area contributed by atoms with Gasteiger partial charge in [-0.05, 0) is 31.2 Å². The molecular weight excluding hydrogens is 296 g/mol. The molecule has 1 aromatic heterocycles. The predicted octanol–water partition coefficient (Wildman–Crippen LogP) is 3.25. The molecule has 3 rings (SSSR count). The third kappa shape index (κ3) is 2.80. The first kappa shape index (κ1) is 14.5. The lowest BCUT2D eigenvalue weighted by molar-refractivity contribution is 0.602. The summed E-state index contributed by atoms with van der Waals surface area (Å²) in [5.74, 6) is 0.853. The number of aromatic nitrogens is 2. The summed E-state index contributed by atoms with van der Waals surface area (Å²) in [4.78, 5) is 4.89. The first-order valence-corrected chi connectivity index (χ1v) is 8.76. The first-order valence-electron chi connectivity index (χ1n) is 6.87. The molecule has 4 nitrogen and oxygen atoms in total. The van der Waals surface area contributed by atoms with Crippen molar-refractivity contribution in [1.82, 2.24) is 9.55 Å². The van der Waals surface area contributed by atoms with E-state index < -0.39 is 9.84 Å². The highest BCUT2D eigenvalue weighted by Gasteiger charge is 2.10. The van der Waals surface area contributed by atoms with Gasteiger partial charge in [0.15, 0.2) is 9.84 Å². The summed E-state index contributed by atoms with van der Waals surface area (Å²) in [6.07, 6.45) is 3.16. The Morgan fingerprint density at radius 3 is 2.18 bits per heavy atom. The molecule has 22 heavy (non-hydrogen) atoms. The summed E-state index contributed by atoms with van der Waals surface area (Å²) in [6, 6.07) is 16.8. The third-order valence-electron chi connectivity index (χ3n) is 3.49. The van der Waals surface area contributed by atoms with Gasteiger partial charge in [0.2, 0.25) is 0 Å². The van der Waals surface area contributed by atoms with E-state index in [1.54, 1.807) is 24.3 Å². The quantitative estimate of drug-likeness (QED) is 0.746. The molecule has 0 unspecified atom stereocenters. The molecule has 0 aliphatic rings. The van der Waals surface area contributed by atoms with Crippen LogP contribution in [0.5, 0.6) is 0 Å². The average Bonchev–Trinajstić information content (AvgIpc) is 2.89. The number of aryl methyl sites for hydroxylation is 1. The van der Waals surface area contributed by atoms with Gasteiger partial charge < -0.3 is 4.57 Å². The summed E-state index contributed by atoms with van der Waals surface area (Å²) >= 11 is 0. The Morgan fingerprint density at radius 1 is 0.955 bits per heavy atom. The number of benzene rings is 2. The minimum Gasteiger partial charge on any atom is -0.303 e. The largest absolute Gasteiger partial charge is 0.303 e. The van der Waals surface area contributed by atoms with E-state index in [2.05, 4.69) is 4.98 Å². The Morgan fingerprint density at radius 2 is 1.59 bits per heavy atom. The van der Waals surface area contributed by atoms with Crippen LogP contribution in [0.4, 0.5) is 0 Å². The highest BCUT2D eigenvalue weighted by molar-refractivity contribution is 7.90. The lowest BCUT2D eigenvalue weighted by Crippen LogP contribution is -1.99. The number of hydrogen-bond donors (Lipinski definition) is 0. The van der Waals surface area contributed by atoms with E-state index in [0.29, 0.717) is 4.90 Å². The molecule has 0 amide bonds. The van der Waals surface area contributed by atoms with Crippen LogP contribution in [0.3, 0.4) is 0 Å². The molecule has 0 radical (unpaired) electrons. The van der Waals surface area contributed by atoms with Crippen LogP contribution in [0, 0.1) is 6.92 Å². The molecule has 2 aromatic carbocycles. The summed E-state index contributed by atoms with van der Waals surface area (Å²) in [5.41, 5.74) is 2.84. The fourth-order valence-corrected chi connectivity index (χ4v) is 2.97. The van der Waals surface area contributed by atoms with Crippen molar-refractivity contribution in [2.45, 2.75) is 11.8 Å². The van der Waals surface area contributed by atoms with Crippen molar-refractivity contribution in [1.29, 1.82) is 0 Å². The monoisotopic (exact) mass is 312 g/mol. The molecule has 0 aliphatic carbocycles. The lowest BCUT2D eigenvalue weighted by Gasteiger charge is -2.05. The van der Waals surface area contributed by atoms with E-state index in [0.717, 1.165) is 22.8 Å². The topological polar surface area (TPSA) is 52.0 Å². The molecule has 0 saturated heterocycles. The number of rotatable bonds is 3. The van der Waals surface area contributed by atoms with Gasteiger partial charge in [0.05, 0.1) is 10.6 Å². The van der Waals surface area contributed by atoms with Crippen LogP contribution < -0.4 is 0 Å². The van der Waals surface area contributed by atoms with E-state index in [1.165, 1.54) is 6.26 Å². The number of hydrogen-bond acceptors (Lipinski definition) is 3. The van der Waals surface area contributed by atoms with Crippen molar-refractivity contribution >= 4 is 9.84 Å². The molecule has 5 heteroatoms. The standard InChI is InChI=1S/C17H16N2O2S/c1-13-18-17(14-6-4-3-5-7-14)12-19(13)15-8-10-16(11-9-15)22(2,20)21/h3-12H,1-2H3. The smallest absolute Gasteiger partial charge is 0.175 e. The van der Waals surface area contributed by atoms with Gasteiger partial charge in [0.25, 0.3) is 0 Å². The van der Waals surface area contributed by atoms with Crippen LogP contribution in [-0.2, 0) is 9.84 Å². The van der Waals surface area contributed by atoms with E-state index in [1.807, 2.05) is 48.0 Å². The van der Waals surface area contributed by atoms with Crippen molar-refractivity contribution in [2.24, 2.45) is 0 Å². The zero-order chi connectivity index (χ0) is 15.7. The lowest BCUT2D eigenvalue weighted by atomic mass is 10.2. The summed E-state index contributed by atoms with van der Waals surface area (Å²) < 4.78 is 25.0. The molecule has 0 atom stereocenters. The van der Waals surface area contributed by atoms with Crippen LogP contribution in [0.1, 0.15) is 5.82 Å². The molecule has 0 spiro atoms. The molecule has 0 saturated carbocycles. The second-order valence-corrected chi connectivity index (χ2v) is 7.19. The van der Waals surface area contributed by atoms with Gasteiger partial charge in [0.1, 0.15) is 5.82 Å². The minimum atomic E-state index is -3.17. The number of nitrogens with zero attached hydrogens (tertiary/aromatic N) is 2. The van der Waals surface area contributed by atoms with E-state index in [4.69, 9.17) is 0 Å². The maximum absolute atomic E-state index is 11.5. The molecule has 112 valence electrons. The predicted molar refractivity (Wildman–Crippen MR) is 86.8 cm³/mol. The second kappa shape index (κ2) is 5.42. The molecule has 0 fully saturated rings. The van der Waals surface area contributed by atoms with Gasteiger partial charge in [-0.1, -0.05) is 30.3 Å². The zero-order valence-corrected chi connectivity index (χ0v) is 13.2. The van der Waals surface area contributed by atoms with Crippen molar-refractivity contribution in [3.05, 3.63) is 66.6 Å². The third-order valence-corrected chi connectivity index (χ3v) is 4.62. The summed E-state index contributed by atoms with van der Waals surface area (Å²) in [5, 5.41) is 0. The van der Waals surface area contributed by atoms with Crippen LogP contribution >= 0.6 is 0 Å². The van der Waals surface area contributed by atoms with Crippen molar-refractivity contribution in [3.8, 4) is 16.9 Å². The van der Waals surface area contributed by atoms with E-state index in [9.17, 15) is 8.42 Å². The summed E-state index contributed by atoms with van der Waals surface area (Å²) in [6.45, 7) is 1.93. The van der Waals surface area contributed by atoms with Crippen LogP contribution in [-0.4, -0.2) is 24.2 Å². The molecule has 3 aromatic rings. The molecule has 0 aliphatic heterocycles. The van der Waals surface area contributed by atoms with Crippen molar-refractivity contribution in [3.63, 3.8) is 0 Å². The number of imidazole rings is 1. The van der Waals surface area contributed by atoms with Gasteiger partial charge in [-0.3, -0.25) is 0 Å². The van der Waals surface area contributed by atoms with Crippen molar-refractivity contribution in [2.75, 3.05) is 6.26 Å². The average molecular weight is 312 g/mol. The van der Waals surface area contributed by atoms with E-state index in [-0.39, 0.29) is 0 Å². The Balaban J connectivity index is 2.01. The van der Waals surface area contributed by atoms with Gasteiger partial charge in [0, 0.05) is 23.7 Å². The highest BCUT2D eigenvalue weighted by Crippen LogP contribution is 2.22. The highest BCUT2D eigenvalue weighted by atomic mass is 32.2. The maximum Gasteiger partial charge on any atom is 0.175 e. The second-order valence-electron chi connectivity index (χ2n) is 5.18. The molecule has 1 heterocycles. The fourth-order valence-electron chi connectivity index (χ4n) is 2.34. The van der Waals surface area contributed by atoms with Crippen molar-refractivity contribution < 1.29 is 8.42 Å². The molecule has 0 bridgehead atoms. The van der Waals surface area contributed by atoms with Crippen LogP contribution in [0.2, 0.25) is 0 Å². The maximum atomic E-state index is 11.5. The van der Waals surface area contributed by atoms with Crippen LogP contribution in [0.25, 0.3) is 16.9 Å². The van der Waals surface area contributed by atoms with Crippen LogP contribution in [0.15, 0.2) is 65.7 Å². The van der Waals surface area contributed by atoms with Gasteiger partial charge in [-0.2, -0.15) is 0 Å². The minimum absolute atomic E-state index is 0.317. The normalized spacial score (nSPS) is 11.5.